The molecule has 1 N–H and O–H groups in total. The van der Waals surface area contributed by atoms with Crippen molar-refractivity contribution in [1.29, 1.82) is 0 Å². The van der Waals surface area contributed by atoms with Crippen molar-refractivity contribution < 1.29 is 5.11 Å². The molecule has 0 saturated carbocycles. The highest BCUT2D eigenvalue weighted by Crippen LogP contribution is 2.28. The minimum absolute atomic E-state index is 0.118. The molecule has 0 aliphatic carbocycles. The lowest BCUT2D eigenvalue weighted by molar-refractivity contribution is 0.000829. The molecule has 1 heteroatoms. The Morgan fingerprint density at radius 2 is 1.25 bits per heavy atom. The minimum atomic E-state index is -0.812. The number of rotatable bonds is 0. The van der Waals surface area contributed by atoms with Crippen LogP contribution in [0.1, 0.15) is 27.7 Å². The SMILES string of the molecule is [CH2]C(C)(O)C(C)(C)C. The molecule has 0 rings (SSSR count). The molecule has 0 bridgehead atoms. The minimum Gasteiger partial charge on any atom is -0.390 e. The molecule has 0 aliphatic rings. The molecular formula is C7H15O. The van der Waals surface area contributed by atoms with Gasteiger partial charge in [0.2, 0.25) is 0 Å². The lowest BCUT2D eigenvalue weighted by Gasteiger charge is -2.32. The van der Waals surface area contributed by atoms with E-state index in [2.05, 4.69) is 6.92 Å². The molecule has 0 heterocycles. The third kappa shape index (κ3) is 1.83. The molecular weight excluding hydrogens is 100 g/mol. The Labute approximate surface area is 51.7 Å². The van der Waals surface area contributed by atoms with E-state index in [-0.39, 0.29) is 5.41 Å². The molecule has 0 aromatic rings. The fraction of sp³-hybridized carbons (Fsp3) is 0.857. The van der Waals surface area contributed by atoms with E-state index >= 15 is 0 Å². The lowest BCUT2D eigenvalue weighted by Crippen LogP contribution is -2.36. The van der Waals surface area contributed by atoms with Crippen molar-refractivity contribution in [2.45, 2.75) is 33.3 Å². The second kappa shape index (κ2) is 1.73. The van der Waals surface area contributed by atoms with Crippen LogP contribution in [0, 0.1) is 12.3 Å². The van der Waals surface area contributed by atoms with Crippen LogP contribution >= 0.6 is 0 Å². The van der Waals surface area contributed by atoms with E-state index in [1.807, 2.05) is 20.8 Å². The van der Waals surface area contributed by atoms with Gasteiger partial charge in [-0.05, 0) is 19.3 Å². The van der Waals surface area contributed by atoms with E-state index in [4.69, 9.17) is 0 Å². The van der Waals surface area contributed by atoms with Gasteiger partial charge in [-0.15, -0.1) is 0 Å². The van der Waals surface area contributed by atoms with Gasteiger partial charge < -0.3 is 5.11 Å². The third-order valence-corrected chi connectivity index (χ3v) is 1.62. The van der Waals surface area contributed by atoms with Crippen molar-refractivity contribution >= 4 is 0 Å². The maximum atomic E-state index is 9.24. The van der Waals surface area contributed by atoms with Crippen LogP contribution < -0.4 is 0 Å². The molecule has 0 spiro atoms. The third-order valence-electron chi connectivity index (χ3n) is 1.62. The van der Waals surface area contributed by atoms with Crippen molar-refractivity contribution in [2.24, 2.45) is 5.41 Å². The Kier molecular flexibility index (Phi) is 1.72. The Bertz CT molecular complexity index is 59.4. The molecule has 0 fully saturated rings. The Morgan fingerprint density at radius 1 is 1.12 bits per heavy atom. The van der Waals surface area contributed by atoms with Gasteiger partial charge in [-0.25, -0.2) is 0 Å². The largest absolute Gasteiger partial charge is 0.390 e. The smallest absolute Gasteiger partial charge is 0.0668 e. The molecule has 1 nitrogen and oxygen atoms in total. The second-order valence-electron chi connectivity index (χ2n) is 3.52. The van der Waals surface area contributed by atoms with Crippen LogP contribution in [0.25, 0.3) is 0 Å². The zero-order valence-electron chi connectivity index (χ0n) is 6.15. The lowest BCUT2D eigenvalue weighted by atomic mass is 9.79. The number of hydrogen-bond acceptors (Lipinski definition) is 1. The van der Waals surface area contributed by atoms with E-state index in [1.165, 1.54) is 0 Å². The van der Waals surface area contributed by atoms with Crippen LogP contribution in [-0.4, -0.2) is 10.7 Å². The zero-order valence-corrected chi connectivity index (χ0v) is 6.15. The molecule has 0 aromatic carbocycles. The van der Waals surface area contributed by atoms with Gasteiger partial charge in [-0.3, -0.25) is 0 Å². The summed E-state index contributed by atoms with van der Waals surface area (Å²) in [5.41, 5.74) is -0.931. The van der Waals surface area contributed by atoms with Crippen LogP contribution in [-0.2, 0) is 0 Å². The fourth-order valence-corrected chi connectivity index (χ4v) is 0. The topological polar surface area (TPSA) is 20.2 Å². The molecule has 8 heavy (non-hydrogen) atoms. The van der Waals surface area contributed by atoms with Crippen molar-refractivity contribution in [3.63, 3.8) is 0 Å². The first-order chi connectivity index (χ1) is 3.25. The fourth-order valence-electron chi connectivity index (χ4n) is 0. The number of hydrogen-bond donors (Lipinski definition) is 1. The average Bonchev–Trinajstić information content (AvgIpc) is 1.25. The second-order valence-corrected chi connectivity index (χ2v) is 3.52. The van der Waals surface area contributed by atoms with Crippen LogP contribution in [0.2, 0.25) is 0 Å². The summed E-state index contributed by atoms with van der Waals surface area (Å²) >= 11 is 0. The normalized spacial score (nSPS) is 14.2. The first-order valence-electron chi connectivity index (χ1n) is 2.83. The van der Waals surface area contributed by atoms with E-state index in [9.17, 15) is 5.11 Å². The first-order valence-corrected chi connectivity index (χ1v) is 2.83. The summed E-state index contributed by atoms with van der Waals surface area (Å²) in [6.45, 7) is 11.2. The van der Waals surface area contributed by atoms with Gasteiger partial charge in [0.05, 0.1) is 5.60 Å². The van der Waals surface area contributed by atoms with E-state index in [1.54, 1.807) is 6.92 Å². The van der Waals surface area contributed by atoms with Crippen molar-refractivity contribution in [1.82, 2.24) is 0 Å². The summed E-state index contributed by atoms with van der Waals surface area (Å²) in [6.07, 6.45) is 0. The monoisotopic (exact) mass is 115 g/mol. The van der Waals surface area contributed by atoms with E-state index in [0.717, 1.165) is 0 Å². The van der Waals surface area contributed by atoms with Crippen molar-refractivity contribution in [3.8, 4) is 0 Å². The highest BCUT2D eigenvalue weighted by atomic mass is 16.3. The summed E-state index contributed by atoms with van der Waals surface area (Å²) in [4.78, 5) is 0. The van der Waals surface area contributed by atoms with Gasteiger partial charge in [0, 0.05) is 0 Å². The Morgan fingerprint density at radius 3 is 1.25 bits per heavy atom. The quantitative estimate of drug-likeness (QED) is 0.508. The summed E-state index contributed by atoms with van der Waals surface area (Å²) in [6, 6.07) is 0. The molecule has 0 saturated heterocycles. The first kappa shape index (κ1) is 7.96. The zero-order chi connectivity index (χ0) is 7.00. The van der Waals surface area contributed by atoms with Crippen LogP contribution in [0.5, 0.6) is 0 Å². The van der Waals surface area contributed by atoms with Gasteiger partial charge in [0.1, 0.15) is 0 Å². The number of aliphatic hydroxyl groups is 1. The maximum Gasteiger partial charge on any atom is 0.0668 e. The molecule has 0 aliphatic heterocycles. The van der Waals surface area contributed by atoms with Crippen LogP contribution in [0.3, 0.4) is 0 Å². The van der Waals surface area contributed by atoms with Gasteiger partial charge in [0.15, 0.2) is 0 Å². The van der Waals surface area contributed by atoms with Crippen molar-refractivity contribution in [2.75, 3.05) is 0 Å². The predicted molar refractivity (Wildman–Crippen MR) is 35.4 cm³/mol. The standard InChI is InChI=1S/C7H15O/c1-6(2,3)7(4,5)8/h8H,4H2,1-3,5H3. The van der Waals surface area contributed by atoms with Gasteiger partial charge in [0.25, 0.3) is 0 Å². The Balaban J connectivity index is 4.02. The van der Waals surface area contributed by atoms with E-state index < -0.39 is 5.60 Å². The summed E-state index contributed by atoms with van der Waals surface area (Å²) in [5, 5.41) is 9.24. The summed E-state index contributed by atoms with van der Waals surface area (Å²) in [7, 11) is 0. The predicted octanol–water partition coefficient (Wildman–Crippen LogP) is 1.62. The molecule has 49 valence electrons. The molecule has 1 unspecified atom stereocenters. The molecule has 0 amide bonds. The summed E-state index contributed by atoms with van der Waals surface area (Å²) in [5.74, 6) is 0. The average molecular weight is 115 g/mol. The summed E-state index contributed by atoms with van der Waals surface area (Å²) < 4.78 is 0. The maximum absolute atomic E-state index is 9.24. The Hall–Kier alpha value is -0.0400. The molecule has 1 atom stereocenters. The van der Waals surface area contributed by atoms with Crippen LogP contribution in [0.4, 0.5) is 0 Å². The highest BCUT2D eigenvalue weighted by molar-refractivity contribution is 4.87. The molecule has 1 radical (unpaired) electrons. The molecule has 0 aromatic heterocycles. The van der Waals surface area contributed by atoms with Crippen molar-refractivity contribution in [3.05, 3.63) is 6.92 Å². The van der Waals surface area contributed by atoms with E-state index in [0.29, 0.717) is 0 Å². The van der Waals surface area contributed by atoms with Gasteiger partial charge >= 0.3 is 0 Å². The van der Waals surface area contributed by atoms with Gasteiger partial charge in [-0.1, -0.05) is 20.8 Å². The van der Waals surface area contributed by atoms with Gasteiger partial charge in [-0.2, -0.15) is 0 Å². The van der Waals surface area contributed by atoms with Crippen LogP contribution in [0.15, 0.2) is 0 Å². The highest BCUT2D eigenvalue weighted by Gasteiger charge is 2.29.